The maximum atomic E-state index is 14.5. The van der Waals surface area contributed by atoms with Crippen molar-refractivity contribution >= 4 is 54.4 Å². The van der Waals surface area contributed by atoms with Crippen LogP contribution in [0.4, 0.5) is 22.7 Å². The molecule has 4 aromatic carbocycles. The maximum absolute atomic E-state index is 14.5. The summed E-state index contributed by atoms with van der Waals surface area (Å²) in [5.74, 6) is -0.797. The fourth-order valence-electron chi connectivity index (χ4n) is 7.59. The Morgan fingerprint density at radius 2 is 0.857 bits per heavy atom. The van der Waals surface area contributed by atoms with Crippen molar-refractivity contribution in [1.82, 2.24) is 8.61 Å². The third-order valence-corrected chi connectivity index (χ3v) is 14.2. The molecule has 0 amide bonds. The van der Waals surface area contributed by atoms with Crippen LogP contribution in [0.5, 0.6) is 0 Å². The Hall–Kier alpha value is -5.40. The Bertz CT molecular complexity index is 2360. The third-order valence-electron chi connectivity index (χ3n) is 9.92. The van der Waals surface area contributed by atoms with Gasteiger partial charge in [-0.25, -0.2) is 16.8 Å². The Labute approximate surface area is 331 Å². The molecule has 292 valence electrons. The average molecular weight is 793 g/mol. The van der Waals surface area contributed by atoms with Gasteiger partial charge in [0.15, 0.2) is 11.6 Å². The Morgan fingerprint density at radius 3 is 1.16 bits per heavy atom. The molecular weight excluding hydrogens is 745 g/mol. The molecule has 0 saturated heterocycles. The second-order valence-corrected chi connectivity index (χ2v) is 17.6. The van der Waals surface area contributed by atoms with Crippen LogP contribution in [0.2, 0.25) is 0 Å². The molecule has 0 atom stereocenters. The first kappa shape index (κ1) is 41.8. The van der Waals surface area contributed by atoms with Crippen molar-refractivity contribution < 1.29 is 26.4 Å². The van der Waals surface area contributed by atoms with Gasteiger partial charge in [0.2, 0.25) is 20.0 Å². The zero-order chi connectivity index (χ0) is 41.3. The van der Waals surface area contributed by atoms with E-state index < -0.39 is 31.6 Å². The summed E-state index contributed by atoms with van der Waals surface area (Å²) in [6.07, 6.45) is 6.06. The zero-order valence-electron chi connectivity index (χ0n) is 32.7. The van der Waals surface area contributed by atoms with E-state index in [1.807, 2.05) is 13.8 Å². The first-order valence-electron chi connectivity index (χ1n) is 18.0. The van der Waals surface area contributed by atoms with E-state index in [-0.39, 0.29) is 58.2 Å². The number of sulfonamides is 2. The van der Waals surface area contributed by atoms with Crippen molar-refractivity contribution in [2.24, 2.45) is 0 Å². The topological polar surface area (TPSA) is 133 Å². The van der Waals surface area contributed by atoms with Crippen LogP contribution in [0.1, 0.15) is 65.2 Å². The molecule has 2 N–H and O–H groups in total. The second-order valence-electron chi connectivity index (χ2n) is 13.8. The lowest BCUT2D eigenvalue weighted by atomic mass is 9.82. The number of anilines is 4. The van der Waals surface area contributed by atoms with Gasteiger partial charge in [-0.3, -0.25) is 9.59 Å². The Balaban J connectivity index is 1.72. The van der Waals surface area contributed by atoms with Crippen LogP contribution >= 0.6 is 0 Å². The zero-order valence-corrected chi connectivity index (χ0v) is 34.4. The first-order valence-corrected chi connectivity index (χ1v) is 20.9. The van der Waals surface area contributed by atoms with Gasteiger partial charge in [0.1, 0.15) is 0 Å². The Morgan fingerprint density at radius 1 is 0.536 bits per heavy atom. The van der Waals surface area contributed by atoms with Gasteiger partial charge in [-0.2, -0.15) is 8.61 Å². The van der Waals surface area contributed by atoms with Crippen LogP contribution < -0.4 is 10.6 Å². The highest BCUT2D eigenvalue weighted by atomic mass is 32.2. The summed E-state index contributed by atoms with van der Waals surface area (Å²) in [5.41, 5.74) is 5.63. The number of nitrogens with zero attached hydrogens (tertiary/aromatic N) is 2. The highest BCUT2D eigenvalue weighted by Crippen LogP contribution is 2.42. The van der Waals surface area contributed by atoms with E-state index in [2.05, 4.69) is 36.9 Å². The van der Waals surface area contributed by atoms with E-state index >= 15 is 0 Å². The molecule has 0 fully saturated rings. The van der Waals surface area contributed by atoms with E-state index in [9.17, 15) is 26.4 Å². The summed E-state index contributed by atoms with van der Waals surface area (Å²) in [6.45, 7) is 25.8. The summed E-state index contributed by atoms with van der Waals surface area (Å²) in [4.78, 5) is 29.2. The third kappa shape index (κ3) is 7.33. The first-order chi connectivity index (χ1) is 26.5. The summed E-state index contributed by atoms with van der Waals surface area (Å²) in [6, 6.07) is 13.5. The van der Waals surface area contributed by atoms with E-state index in [0.29, 0.717) is 45.0 Å². The van der Waals surface area contributed by atoms with Crippen molar-refractivity contribution in [3.8, 4) is 0 Å². The molecule has 12 heteroatoms. The van der Waals surface area contributed by atoms with Gasteiger partial charge in [-0.05, 0) is 87.1 Å². The molecule has 0 spiro atoms. The number of ketones is 2. The minimum atomic E-state index is -4.01. The number of benzene rings is 4. The molecule has 10 nitrogen and oxygen atoms in total. The molecule has 0 heterocycles. The number of hydrogen-bond acceptors (Lipinski definition) is 8. The van der Waals surface area contributed by atoms with Crippen molar-refractivity contribution in [1.29, 1.82) is 0 Å². The molecule has 1 aliphatic carbocycles. The molecular formula is C44H48N4O6S2. The number of nitrogens with one attached hydrogen (secondary N) is 2. The Kier molecular flexibility index (Phi) is 12.2. The SMILES string of the molecule is C=CCN(CC=C)S(=O)(=O)c1c(C)cc(C)c(Nc2ccc(Nc3c(C)cc(C)c(S(=O)(=O)N(CC=C)CC=C)c3C)c3c2C(=O)c2ccccc2C3=O)c1C. The van der Waals surface area contributed by atoms with Crippen molar-refractivity contribution in [3.63, 3.8) is 0 Å². The molecule has 1 aliphatic rings. The summed E-state index contributed by atoms with van der Waals surface area (Å²) in [7, 11) is -8.02. The maximum Gasteiger partial charge on any atom is 0.244 e. The monoisotopic (exact) mass is 792 g/mol. The summed E-state index contributed by atoms with van der Waals surface area (Å²) in [5, 5.41) is 6.71. The van der Waals surface area contributed by atoms with Gasteiger partial charge in [0, 0.05) is 48.7 Å². The standard InChI is InChI=1S/C44H48N4O6S2/c1-11-21-47(22-12-2)55(51,52)43-29(7)25-27(5)39(31(43)9)45-35-19-20-36(38-37(35)41(49)33-17-15-16-18-34(33)42(38)50)46-40-28(6)26-30(8)44(32(40)10)56(53,54)48(23-13-3)24-14-4/h11-20,25-26,45-46H,1-4,21-24H2,5-10H3. The van der Waals surface area contributed by atoms with E-state index in [4.69, 9.17) is 0 Å². The van der Waals surface area contributed by atoms with Gasteiger partial charge in [0.25, 0.3) is 0 Å². The van der Waals surface area contributed by atoms with Crippen molar-refractivity contribution in [3.05, 3.63) is 155 Å². The number of carbonyl (C=O) groups is 2. The molecule has 0 unspecified atom stereocenters. The van der Waals surface area contributed by atoms with Crippen LogP contribution in [0.3, 0.4) is 0 Å². The molecule has 0 radical (unpaired) electrons. The predicted molar refractivity (Wildman–Crippen MR) is 226 cm³/mol. The minimum Gasteiger partial charge on any atom is -0.354 e. The number of rotatable bonds is 16. The van der Waals surface area contributed by atoms with Gasteiger partial charge in [-0.15, -0.1) is 26.3 Å². The number of aryl methyl sites for hydroxylation is 4. The smallest absolute Gasteiger partial charge is 0.244 e. The fraction of sp³-hybridized carbons (Fsp3) is 0.227. The fourth-order valence-corrected chi connectivity index (χ4v) is 11.2. The summed E-state index contributed by atoms with van der Waals surface area (Å²) < 4.78 is 58.8. The molecule has 0 saturated carbocycles. The molecule has 0 bridgehead atoms. The predicted octanol–water partition coefficient (Wildman–Crippen LogP) is 8.53. The highest BCUT2D eigenvalue weighted by Gasteiger charge is 2.36. The van der Waals surface area contributed by atoms with Gasteiger partial charge in [0.05, 0.1) is 32.3 Å². The minimum absolute atomic E-state index is 0.0805. The lowest BCUT2D eigenvalue weighted by molar-refractivity contribution is 0.0980. The molecule has 5 rings (SSSR count). The normalized spacial score (nSPS) is 12.6. The summed E-state index contributed by atoms with van der Waals surface area (Å²) >= 11 is 0. The second kappa shape index (κ2) is 16.4. The van der Waals surface area contributed by atoms with Gasteiger partial charge < -0.3 is 10.6 Å². The van der Waals surface area contributed by atoms with Crippen LogP contribution in [0.25, 0.3) is 0 Å². The van der Waals surface area contributed by atoms with Crippen LogP contribution in [-0.2, 0) is 20.0 Å². The lowest BCUT2D eigenvalue weighted by Crippen LogP contribution is -2.32. The number of fused-ring (bicyclic) bond motifs is 2. The molecule has 4 aromatic rings. The average Bonchev–Trinajstić information content (AvgIpc) is 3.13. The van der Waals surface area contributed by atoms with Gasteiger partial charge >= 0.3 is 0 Å². The van der Waals surface area contributed by atoms with E-state index in [0.717, 1.165) is 11.1 Å². The molecule has 0 aliphatic heterocycles. The van der Waals surface area contributed by atoms with E-state index in [1.165, 1.54) is 32.9 Å². The lowest BCUT2D eigenvalue weighted by Gasteiger charge is -2.27. The molecule has 56 heavy (non-hydrogen) atoms. The van der Waals surface area contributed by atoms with Crippen molar-refractivity contribution in [2.45, 2.75) is 51.3 Å². The van der Waals surface area contributed by atoms with E-state index in [1.54, 1.807) is 76.2 Å². The number of hydrogen-bond donors (Lipinski definition) is 2. The van der Waals surface area contributed by atoms with Gasteiger partial charge in [-0.1, -0.05) is 60.7 Å². The number of carbonyl (C=O) groups excluding carboxylic acids is 2. The largest absolute Gasteiger partial charge is 0.354 e. The quantitative estimate of drug-likeness (QED) is 0.0951. The van der Waals surface area contributed by atoms with Crippen LogP contribution in [0.15, 0.2) is 109 Å². The van der Waals surface area contributed by atoms with Crippen molar-refractivity contribution in [2.75, 3.05) is 36.8 Å². The molecule has 0 aromatic heterocycles. The van der Waals surface area contributed by atoms with Crippen LogP contribution in [0, 0.1) is 41.5 Å². The highest BCUT2D eigenvalue weighted by molar-refractivity contribution is 7.89. The van der Waals surface area contributed by atoms with Crippen LogP contribution in [-0.4, -0.2) is 63.2 Å².